The van der Waals surface area contributed by atoms with Crippen LogP contribution in [0, 0.1) is 6.57 Å². The van der Waals surface area contributed by atoms with Gasteiger partial charge in [0.05, 0.1) is 6.57 Å². The molecular weight excluding hydrogens is 234 g/mol. The van der Waals surface area contributed by atoms with Crippen molar-refractivity contribution in [3.8, 4) is 0 Å². The Kier molecular flexibility index (Phi) is 3.22. The molecule has 0 radical (unpaired) electrons. The Morgan fingerprint density at radius 2 is 1.82 bits per heavy atom. The van der Waals surface area contributed by atoms with Crippen molar-refractivity contribution < 1.29 is 4.79 Å². The van der Waals surface area contributed by atoms with Crippen molar-refractivity contribution in [3.05, 3.63) is 76.1 Å². The Morgan fingerprint density at radius 1 is 1.12 bits per heavy atom. The molecule has 2 nitrogen and oxygen atoms in total. The van der Waals surface area contributed by atoms with E-state index in [0.29, 0.717) is 21.8 Å². The standard InChI is InChI=1S/C14H8ClNO/c1-16-13-8-7-11(15)9-12(13)14(17)10-5-3-2-4-6-10/h2-9H. The molecule has 0 unspecified atom stereocenters. The first-order chi connectivity index (χ1) is 8.22. The fraction of sp³-hybridized carbons (Fsp3) is 0. The average Bonchev–Trinajstić information content (AvgIpc) is 2.39. The number of hydrogen-bond donors (Lipinski definition) is 0. The summed E-state index contributed by atoms with van der Waals surface area (Å²) in [5.74, 6) is -0.181. The van der Waals surface area contributed by atoms with E-state index in [0.717, 1.165) is 0 Å². The minimum absolute atomic E-state index is 0.181. The molecular formula is C14H8ClNO. The monoisotopic (exact) mass is 241 g/mol. The minimum Gasteiger partial charge on any atom is -0.290 e. The van der Waals surface area contributed by atoms with Crippen LogP contribution in [0.5, 0.6) is 0 Å². The third-order valence-electron chi connectivity index (χ3n) is 2.36. The van der Waals surface area contributed by atoms with Crippen molar-refractivity contribution in [3.63, 3.8) is 0 Å². The van der Waals surface area contributed by atoms with E-state index in [1.54, 1.807) is 36.4 Å². The minimum atomic E-state index is -0.181. The molecule has 0 aliphatic carbocycles. The van der Waals surface area contributed by atoms with E-state index in [1.165, 1.54) is 6.07 Å². The average molecular weight is 242 g/mol. The predicted molar refractivity (Wildman–Crippen MR) is 67.6 cm³/mol. The van der Waals surface area contributed by atoms with Gasteiger partial charge in [0.15, 0.2) is 11.5 Å². The van der Waals surface area contributed by atoms with Gasteiger partial charge in [0.2, 0.25) is 0 Å². The summed E-state index contributed by atoms with van der Waals surface area (Å²) in [6.45, 7) is 7.04. The number of carbonyl (C=O) groups excluding carboxylic acids is 1. The zero-order valence-electron chi connectivity index (χ0n) is 8.85. The van der Waals surface area contributed by atoms with Crippen LogP contribution in [0.1, 0.15) is 15.9 Å². The van der Waals surface area contributed by atoms with Crippen LogP contribution >= 0.6 is 11.6 Å². The molecule has 0 saturated carbocycles. The lowest BCUT2D eigenvalue weighted by atomic mass is 10.0. The highest BCUT2D eigenvalue weighted by Gasteiger charge is 2.13. The maximum absolute atomic E-state index is 12.2. The molecule has 0 saturated heterocycles. The molecule has 0 bridgehead atoms. The molecule has 0 atom stereocenters. The van der Waals surface area contributed by atoms with Crippen LogP contribution in [0.15, 0.2) is 48.5 Å². The summed E-state index contributed by atoms with van der Waals surface area (Å²) in [6, 6.07) is 13.6. The lowest BCUT2D eigenvalue weighted by Gasteiger charge is -2.04. The molecule has 2 aromatic carbocycles. The van der Waals surface area contributed by atoms with Gasteiger partial charge >= 0.3 is 0 Å². The molecule has 0 aliphatic rings. The first kappa shape index (κ1) is 11.4. The molecule has 2 aromatic rings. The van der Waals surface area contributed by atoms with Crippen LogP contribution < -0.4 is 0 Å². The van der Waals surface area contributed by atoms with E-state index in [9.17, 15) is 4.79 Å². The Hall–Kier alpha value is -2.11. The van der Waals surface area contributed by atoms with E-state index in [-0.39, 0.29) is 5.78 Å². The number of rotatable bonds is 2. The molecule has 0 spiro atoms. The van der Waals surface area contributed by atoms with Gasteiger partial charge in [-0.05, 0) is 6.07 Å². The van der Waals surface area contributed by atoms with Crippen molar-refractivity contribution in [2.45, 2.75) is 0 Å². The third-order valence-corrected chi connectivity index (χ3v) is 2.59. The fourth-order valence-corrected chi connectivity index (χ4v) is 1.70. The number of hydrogen-bond acceptors (Lipinski definition) is 1. The SMILES string of the molecule is [C-]#[N+]c1ccc(Cl)cc1C(=O)c1ccccc1. The summed E-state index contributed by atoms with van der Waals surface area (Å²) in [5.41, 5.74) is 1.22. The Morgan fingerprint density at radius 3 is 2.47 bits per heavy atom. The lowest BCUT2D eigenvalue weighted by molar-refractivity contribution is 0.103. The van der Waals surface area contributed by atoms with Crippen molar-refractivity contribution in [2.75, 3.05) is 0 Å². The molecule has 0 aliphatic heterocycles. The summed E-state index contributed by atoms with van der Waals surface area (Å²) >= 11 is 5.85. The molecule has 17 heavy (non-hydrogen) atoms. The number of ketones is 1. The van der Waals surface area contributed by atoms with Crippen molar-refractivity contribution >= 4 is 23.1 Å². The number of halogens is 1. The van der Waals surface area contributed by atoms with Gasteiger partial charge < -0.3 is 0 Å². The highest BCUT2D eigenvalue weighted by Crippen LogP contribution is 2.25. The van der Waals surface area contributed by atoms with E-state index in [4.69, 9.17) is 18.2 Å². The van der Waals surface area contributed by atoms with Crippen LogP contribution in [0.2, 0.25) is 5.02 Å². The Labute approximate surface area is 104 Å². The van der Waals surface area contributed by atoms with Gasteiger partial charge in [-0.2, -0.15) is 0 Å². The smallest absolute Gasteiger partial charge is 0.198 e. The Balaban J connectivity index is 2.52. The second kappa shape index (κ2) is 4.82. The molecule has 82 valence electrons. The van der Waals surface area contributed by atoms with Crippen LogP contribution in [-0.4, -0.2) is 5.78 Å². The van der Waals surface area contributed by atoms with Gasteiger partial charge in [0.1, 0.15) is 0 Å². The maximum atomic E-state index is 12.2. The second-order valence-electron chi connectivity index (χ2n) is 3.47. The molecule has 0 aromatic heterocycles. The van der Waals surface area contributed by atoms with Crippen LogP contribution in [0.25, 0.3) is 4.85 Å². The van der Waals surface area contributed by atoms with E-state index in [2.05, 4.69) is 4.85 Å². The zero-order chi connectivity index (χ0) is 12.3. The quantitative estimate of drug-likeness (QED) is 0.572. The van der Waals surface area contributed by atoms with Crippen molar-refractivity contribution in [1.82, 2.24) is 0 Å². The van der Waals surface area contributed by atoms with E-state index in [1.807, 2.05) is 6.07 Å². The lowest BCUT2D eigenvalue weighted by Crippen LogP contribution is -2.00. The van der Waals surface area contributed by atoms with Crippen LogP contribution in [-0.2, 0) is 0 Å². The van der Waals surface area contributed by atoms with E-state index >= 15 is 0 Å². The van der Waals surface area contributed by atoms with Crippen LogP contribution in [0.4, 0.5) is 5.69 Å². The van der Waals surface area contributed by atoms with Gasteiger partial charge in [-0.15, -0.1) is 0 Å². The summed E-state index contributed by atoms with van der Waals surface area (Å²) in [6.07, 6.45) is 0. The molecule has 0 N–H and O–H groups in total. The predicted octanol–water partition coefficient (Wildman–Crippen LogP) is 4.12. The first-order valence-electron chi connectivity index (χ1n) is 4.99. The largest absolute Gasteiger partial charge is 0.290 e. The van der Waals surface area contributed by atoms with Gasteiger partial charge in [0, 0.05) is 16.1 Å². The number of nitrogens with zero attached hydrogens (tertiary/aromatic N) is 1. The molecule has 3 heteroatoms. The molecule has 0 heterocycles. The van der Waals surface area contributed by atoms with Gasteiger partial charge in [-0.3, -0.25) is 4.79 Å². The molecule has 0 fully saturated rings. The Bertz CT molecular complexity index is 599. The van der Waals surface area contributed by atoms with Crippen molar-refractivity contribution in [1.29, 1.82) is 0 Å². The summed E-state index contributed by atoms with van der Waals surface area (Å²) in [5, 5.41) is 0.455. The fourth-order valence-electron chi connectivity index (χ4n) is 1.53. The zero-order valence-corrected chi connectivity index (χ0v) is 9.61. The maximum Gasteiger partial charge on any atom is 0.198 e. The first-order valence-corrected chi connectivity index (χ1v) is 5.37. The number of carbonyl (C=O) groups is 1. The van der Waals surface area contributed by atoms with Crippen molar-refractivity contribution in [2.24, 2.45) is 0 Å². The van der Waals surface area contributed by atoms with Gasteiger partial charge in [-0.1, -0.05) is 54.1 Å². The van der Waals surface area contributed by atoms with E-state index < -0.39 is 0 Å². The highest BCUT2D eigenvalue weighted by molar-refractivity contribution is 6.31. The summed E-state index contributed by atoms with van der Waals surface area (Å²) in [4.78, 5) is 15.5. The summed E-state index contributed by atoms with van der Waals surface area (Å²) in [7, 11) is 0. The molecule has 2 rings (SSSR count). The second-order valence-corrected chi connectivity index (χ2v) is 3.90. The number of benzene rings is 2. The topological polar surface area (TPSA) is 21.4 Å². The van der Waals surface area contributed by atoms with Gasteiger partial charge in [0.25, 0.3) is 0 Å². The highest BCUT2D eigenvalue weighted by atomic mass is 35.5. The summed E-state index contributed by atoms with van der Waals surface area (Å²) < 4.78 is 0. The third kappa shape index (κ3) is 2.35. The van der Waals surface area contributed by atoms with Crippen LogP contribution in [0.3, 0.4) is 0 Å². The normalized spacial score (nSPS) is 9.65. The molecule has 0 amide bonds. The van der Waals surface area contributed by atoms with Gasteiger partial charge in [-0.25, -0.2) is 4.85 Å².